The lowest BCUT2D eigenvalue weighted by Gasteiger charge is -2.29. The van der Waals surface area contributed by atoms with Crippen LogP contribution in [-0.2, 0) is 16.1 Å². The van der Waals surface area contributed by atoms with E-state index in [0.717, 1.165) is 29.8 Å². The van der Waals surface area contributed by atoms with E-state index in [2.05, 4.69) is 34.0 Å². The van der Waals surface area contributed by atoms with Gasteiger partial charge in [0.05, 0.1) is 0 Å². The van der Waals surface area contributed by atoms with Crippen molar-refractivity contribution in [1.29, 1.82) is 0 Å². The molecule has 1 atom stereocenters. The molecule has 0 aliphatic carbocycles. The molecule has 2 aliphatic heterocycles. The maximum absolute atomic E-state index is 13.0. The fourth-order valence-electron chi connectivity index (χ4n) is 3.99. The standard InChI is InChI=1S/C21H23N5O3/c1-3-25(4-2)21-22-10-13(11-23-21)14-6-5-7-15-16(14)12-26(20(15)29)17-8-9-18(27)24-19(17)28/h5-7,10-11,17H,3-4,8-9,12H2,1-2H3,(H,24,27,28). The number of fused-ring (bicyclic) bond motifs is 1. The molecule has 0 bridgehead atoms. The third-order valence-electron chi connectivity index (χ3n) is 5.58. The zero-order valence-electron chi connectivity index (χ0n) is 16.5. The number of carbonyl (C=O) groups is 3. The number of anilines is 1. The summed E-state index contributed by atoms with van der Waals surface area (Å²) in [7, 11) is 0. The Morgan fingerprint density at radius 1 is 1.10 bits per heavy atom. The fraction of sp³-hybridized carbons (Fsp3) is 0.381. The number of hydrogen-bond donors (Lipinski definition) is 1. The third-order valence-corrected chi connectivity index (χ3v) is 5.58. The van der Waals surface area contributed by atoms with Crippen LogP contribution in [-0.4, -0.2) is 51.7 Å². The van der Waals surface area contributed by atoms with Crippen LogP contribution in [0.5, 0.6) is 0 Å². The molecule has 8 heteroatoms. The summed E-state index contributed by atoms with van der Waals surface area (Å²) in [5.74, 6) is -0.206. The molecule has 8 nitrogen and oxygen atoms in total. The van der Waals surface area contributed by atoms with Gasteiger partial charge in [-0.3, -0.25) is 19.7 Å². The molecule has 1 aromatic carbocycles. The van der Waals surface area contributed by atoms with Gasteiger partial charge in [-0.15, -0.1) is 0 Å². The van der Waals surface area contributed by atoms with Crippen LogP contribution < -0.4 is 10.2 Å². The molecule has 1 N–H and O–H groups in total. The molecular weight excluding hydrogens is 370 g/mol. The highest BCUT2D eigenvalue weighted by Crippen LogP contribution is 2.34. The Bertz CT molecular complexity index is 969. The number of nitrogens with zero attached hydrogens (tertiary/aromatic N) is 4. The molecular formula is C21H23N5O3. The number of amides is 3. The molecule has 2 aliphatic rings. The molecule has 1 fully saturated rings. The molecule has 3 amide bonds. The van der Waals surface area contributed by atoms with Crippen molar-refractivity contribution in [3.63, 3.8) is 0 Å². The first-order valence-corrected chi connectivity index (χ1v) is 9.87. The van der Waals surface area contributed by atoms with E-state index in [1.165, 1.54) is 0 Å². The van der Waals surface area contributed by atoms with Crippen molar-refractivity contribution in [3.05, 3.63) is 41.7 Å². The van der Waals surface area contributed by atoms with Gasteiger partial charge < -0.3 is 9.80 Å². The maximum Gasteiger partial charge on any atom is 0.255 e. The predicted molar refractivity (Wildman–Crippen MR) is 107 cm³/mol. The number of imide groups is 1. The summed E-state index contributed by atoms with van der Waals surface area (Å²) >= 11 is 0. The number of nitrogens with one attached hydrogen (secondary N) is 1. The first-order chi connectivity index (χ1) is 14.0. The van der Waals surface area contributed by atoms with Crippen molar-refractivity contribution in [3.8, 4) is 11.1 Å². The summed E-state index contributed by atoms with van der Waals surface area (Å²) in [5.41, 5.74) is 3.16. The highest BCUT2D eigenvalue weighted by atomic mass is 16.2. The Labute approximate surface area is 168 Å². The SMILES string of the molecule is CCN(CC)c1ncc(-c2cccc3c2CN(C2CCC(=O)NC2=O)C3=O)cn1. The normalized spacial score (nSPS) is 18.6. The summed E-state index contributed by atoms with van der Waals surface area (Å²) < 4.78 is 0. The van der Waals surface area contributed by atoms with Crippen LogP contribution in [0, 0.1) is 0 Å². The van der Waals surface area contributed by atoms with Crippen molar-refractivity contribution >= 4 is 23.7 Å². The van der Waals surface area contributed by atoms with Gasteiger partial charge in [-0.2, -0.15) is 0 Å². The second-order valence-corrected chi connectivity index (χ2v) is 7.18. The molecule has 29 heavy (non-hydrogen) atoms. The number of piperidine rings is 1. The smallest absolute Gasteiger partial charge is 0.255 e. The van der Waals surface area contributed by atoms with E-state index in [0.29, 0.717) is 24.5 Å². The largest absolute Gasteiger partial charge is 0.341 e. The highest BCUT2D eigenvalue weighted by molar-refractivity contribution is 6.06. The summed E-state index contributed by atoms with van der Waals surface area (Å²) in [6.45, 7) is 6.09. The van der Waals surface area contributed by atoms with E-state index in [1.54, 1.807) is 23.4 Å². The lowest BCUT2D eigenvalue weighted by Crippen LogP contribution is -2.52. The molecule has 1 unspecified atom stereocenters. The van der Waals surface area contributed by atoms with Crippen molar-refractivity contribution in [2.75, 3.05) is 18.0 Å². The van der Waals surface area contributed by atoms with Crippen LogP contribution in [0.25, 0.3) is 11.1 Å². The number of rotatable bonds is 5. The van der Waals surface area contributed by atoms with Gasteiger partial charge in [-0.25, -0.2) is 9.97 Å². The lowest BCUT2D eigenvalue weighted by atomic mass is 9.99. The number of carbonyl (C=O) groups excluding carboxylic acids is 3. The lowest BCUT2D eigenvalue weighted by molar-refractivity contribution is -0.136. The minimum atomic E-state index is -0.623. The number of benzene rings is 1. The first kappa shape index (κ1) is 19.0. The Balaban J connectivity index is 1.63. The third kappa shape index (κ3) is 3.35. The average molecular weight is 393 g/mol. The Morgan fingerprint density at radius 2 is 1.79 bits per heavy atom. The quantitative estimate of drug-likeness (QED) is 0.778. The molecule has 0 radical (unpaired) electrons. The summed E-state index contributed by atoms with van der Waals surface area (Å²) in [4.78, 5) is 49.2. The molecule has 150 valence electrons. The van der Waals surface area contributed by atoms with Crippen molar-refractivity contribution in [2.24, 2.45) is 0 Å². The van der Waals surface area contributed by atoms with Crippen LogP contribution in [0.15, 0.2) is 30.6 Å². The highest BCUT2D eigenvalue weighted by Gasteiger charge is 2.39. The van der Waals surface area contributed by atoms with Crippen molar-refractivity contribution in [2.45, 2.75) is 39.3 Å². The number of hydrogen-bond acceptors (Lipinski definition) is 6. The van der Waals surface area contributed by atoms with Crippen LogP contribution in [0.4, 0.5) is 5.95 Å². The zero-order valence-corrected chi connectivity index (χ0v) is 16.5. The summed E-state index contributed by atoms with van der Waals surface area (Å²) in [5, 5.41) is 2.33. The monoisotopic (exact) mass is 393 g/mol. The van der Waals surface area contributed by atoms with E-state index in [-0.39, 0.29) is 18.2 Å². The molecule has 1 saturated heterocycles. The van der Waals surface area contributed by atoms with Gasteiger partial charge >= 0.3 is 0 Å². The van der Waals surface area contributed by atoms with E-state index >= 15 is 0 Å². The fourth-order valence-corrected chi connectivity index (χ4v) is 3.99. The maximum atomic E-state index is 13.0. The molecule has 2 aromatic rings. The van der Waals surface area contributed by atoms with E-state index in [4.69, 9.17) is 0 Å². The first-order valence-electron chi connectivity index (χ1n) is 9.87. The zero-order chi connectivity index (χ0) is 20.5. The van der Waals surface area contributed by atoms with Crippen LogP contribution >= 0.6 is 0 Å². The van der Waals surface area contributed by atoms with Crippen molar-refractivity contribution < 1.29 is 14.4 Å². The molecule has 1 aromatic heterocycles. The minimum absolute atomic E-state index is 0.183. The van der Waals surface area contributed by atoms with Crippen LogP contribution in [0.1, 0.15) is 42.6 Å². The van der Waals surface area contributed by atoms with Gasteiger partial charge in [0.2, 0.25) is 17.8 Å². The average Bonchev–Trinajstić information content (AvgIpc) is 3.06. The Hall–Kier alpha value is -3.29. The molecule has 0 saturated carbocycles. The molecule has 4 rings (SSSR count). The second-order valence-electron chi connectivity index (χ2n) is 7.18. The second kappa shape index (κ2) is 7.62. The number of aromatic nitrogens is 2. The van der Waals surface area contributed by atoms with Gasteiger partial charge in [0.1, 0.15) is 6.04 Å². The van der Waals surface area contributed by atoms with Gasteiger partial charge in [0, 0.05) is 49.6 Å². The van der Waals surface area contributed by atoms with Crippen LogP contribution in [0.3, 0.4) is 0 Å². The predicted octanol–water partition coefficient (Wildman–Crippen LogP) is 1.75. The van der Waals surface area contributed by atoms with Gasteiger partial charge in [-0.1, -0.05) is 12.1 Å². The minimum Gasteiger partial charge on any atom is -0.341 e. The van der Waals surface area contributed by atoms with Gasteiger partial charge in [0.15, 0.2) is 0 Å². The summed E-state index contributed by atoms with van der Waals surface area (Å²) in [6, 6.07) is 4.92. The van der Waals surface area contributed by atoms with Crippen LogP contribution in [0.2, 0.25) is 0 Å². The topological polar surface area (TPSA) is 95.5 Å². The van der Waals surface area contributed by atoms with E-state index in [9.17, 15) is 14.4 Å². The Morgan fingerprint density at radius 3 is 2.45 bits per heavy atom. The van der Waals surface area contributed by atoms with E-state index in [1.807, 2.05) is 12.1 Å². The molecule has 0 spiro atoms. The van der Waals surface area contributed by atoms with Gasteiger partial charge in [0.25, 0.3) is 5.91 Å². The molecule has 3 heterocycles. The van der Waals surface area contributed by atoms with Crippen molar-refractivity contribution in [1.82, 2.24) is 20.2 Å². The Kier molecular flexibility index (Phi) is 5.00. The summed E-state index contributed by atoms with van der Waals surface area (Å²) in [6.07, 6.45) is 4.14. The van der Waals surface area contributed by atoms with E-state index < -0.39 is 11.9 Å². The van der Waals surface area contributed by atoms with Gasteiger partial charge in [-0.05, 0) is 37.5 Å².